The summed E-state index contributed by atoms with van der Waals surface area (Å²) in [4.78, 5) is 26.4. The minimum atomic E-state index is -3.79. The first-order valence-electron chi connectivity index (χ1n) is 10.6. The van der Waals surface area contributed by atoms with Gasteiger partial charge in [-0.25, -0.2) is 12.7 Å². The van der Waals surface area contributed by atoms with E-state index in [2.05, 4.69) is 13.8 Å². The molecule has 1 spiro atoms. The number of ether oxygens (including phenoxy) is 1. The van der Waals surface area contributed by atoms with Crippen molar-refractivity contribution < 1.29 is 22.7 Å². The summed E-state index contributed by atoms with van der Waals surface area (Å²) in [5.41, 5.74) is -0.878. The van der Waals surface area contributed by atoms with Crippen molar-refractivity contribution in [3.8, 4) is 0 Å². The van der Waals surface area contributed by atoms with E-state index in [1.165, 1.54) is 0 Å². The first-order chi connectivity index (χ1) is 13.8. The molecule has 2 bridgehead atoms. The predicted molar refractivity (Wildman–Crippen MR) is 113 cm³/mol. The van der Waals surface area contributed by atoms with Crippen molar-refractivity contribution >= 4 is 21.9 Å². The number of sulfonamides is 1. The van der Waals surface area contributed by atoms with Crippen LogP contribution in [0.1, 0.15) is 65.5 Å². The fraction of sp³-hybridized carbons (Fsp3) is 0.652. The van der Waals surface area contributed by atoms with Crippen LogP contribution in [0.3, 0.4) is 0 Å². The summed E-state index contributed by atoms with van der Waals surface area (Å²) < 4.78 is 33.3. The van der Waals surface area contributed by atoms with E-state index in [-0.39, 0.29) is 17.2 Å². The fourth-order valence-corrected chi connectivity index (χ4v) is 8.41. The van der Waals surface area contributed by atoms with Gasteiger partial charge in [0, 0.05) is 11.0 Å². The Kier molecular flexibility index (Phi) is 4.66. The minimum absolute atomic E-state index is 0.00532. The lowest BCUT2D eigenvalue weighted by molar-refractivity contribution is -0.166. The van der Waals surface area contributed by atoms with Crippen molar-refractivity contribution in [2.45, 2.75) is 66.0 Å². The molecule has 4 rings (SSSR count). The Hall–Kier alpha value is -1.89. The van der Waals surface area contributed by atoms with E-state index in [1.54, 1.807) is 51.1 Å². The van der Waals surface area contributed by atoms with Crippen LogP contribution in [0.5, 0.6) is 0 Å². The van der Waals surface area contributed by atoms with E-state index in [0.717, 1.165) is 17.1 Å². The van der Waals surface area contributed by atoms with Crippen LogP contribution < -0.4 is 0 Å². The fourth-order valence-electron chi connectivity index (χ4n) is 5.87. The zero-order chi connectivity index (χ0) is 22.1. The lowest BCUT2D eigenvalue weighted by Crippen LogP contribution is -2.46. The van der Waals surface area contributed by atoms with Crippen molar-refractivity contribution in [1.29, 1.82) is 0 Å². The molecule has 7 heteroatoms. The molecule has 6 nitrogen and oxygen atoms in total. The summed E-state index contributed by atoms with van der Waals surface area (Å²) in [6, 6.07) is 8.34. The maximum atomic E-state index is 13.7. The van der Waals surface area contributed by atoms with Crippen LogP contribution in [0, 0.1) is 22.2 Å². The van der Waals surface area contributed by atoms with Crippen LogP contribution in [-0.4, -0.2) is 36.4 Å². The molecule has 2 saturated carbocycles. The quantitative estimate of drug-likeness (QED) is 0.679. The van der Waals surface area contributed by atoms with Crippen LogP contribution in [0.15, 0.2) is 30.3 Å². The molecule has 0 aromatic heterocycles. The molecule has 0 radical (unpaired) electrons. The Balaban J connectivity index is 1.74. The summed E-state index contributed by atoms with van der Waals surface area (Å²) in [6.07, 6.45) is 1.23. The van der Waals surface area contributed by atoms with Gasteiger partial charge < -0.3 is 4.74 Å². The molecule has 1 saturated heterocycles. The summed E-state index contributed by atoms with van der Waals surface area (Å²) in [7, 11) is -3.79. The number of hydrogen-bond acceptors (Lipinski definition) is 5. The normalized spacial score (nSPS) is 32.0. The number of rotatable bonds is 3. The van der Waals surface area contributed by atoms with Gasteiger partial charge in [-0.05, 0) is 51.4 Å². The van der Waals surface area contributed by atoms with Gasteiger partial charge in [0.15, 0.2) is 0 Å². The summed E-state index contributed by atoms with van der Waals surface area (Å²) in [5, 5.41) is 0. The van der Waals surface area contributed by atoms with Gasteiger partial charge in [0.1, 0.15) is 0 Å². The van der Waals surface area contributed by atoms with Crippen molar-refractivity contribution in [3.05, 3.63) is 35.9 Å². The first kappa shape index (κ1) is 21.3. The van der Waals surface area contributed by atoms with Crippen LogP contribution in [-0.2, 0) is 24.3 Å². The molecule has 1 amide bonds. The number of nitrogens with zero attached hydrogens (tertiary/aromatic N) is 1. The standard InChI is InChI=1S/C23H31NO5S/c1-21(2,3)20(26)29-18(15-9-7-6-8-10-15)19(25)24-17-13-16-11-12-23(17,22(16,4)5)14-30(24,27)28/h6-10,16-18H,11-14H2,1-5H3/t16-,17-,18+,23-/m1/s1. The van der Waals surface area contributed by atoms with Gasteiger partial charge in [0.25, 0.3) is 5.91 Å². The molecular formula is C23H31NO5S. The molecule has 2 aliphatic carbocycles. The smallest absolute Gasteiger partial charge is 0.312 e. The molecule has 1 heterocycles. The van der Waals surface area contributed by atoms with Crippen molar-refractivity contribution in [2.75, 3.05) is 5.75 Å². The highest BCUT2D eigenvalue weighted by Crippen LogP contribution is 2.70. The second-order valence-corrected chi connectivity index (χ2v) is 12.5. The van der Waals surface area contributed by atoms with Gasteiger partial charge in [0.2, 0.25) is 16.1 Å². The highest BCUT2D eigenvalue weighted by molar-refractivity contribution is 7.90. The lowest BCUT2D eigenvalue weighted by atomic mass is 9.69. The maximum Gasteiger partial charge on any atom is 0.312 e. The molecule has 3 aliphatic rings. The Bertz CT molecular complexity index is 979. The second-order valence-electron chi connectivity index (χ2n) is 10.7. The third-order valence-corrected chi connectivity index (χ3v) is 9.71. The van der Waals surface area contributed by atoms with Crippen LogP contribution >= 0.6 is 0 Å². The number of benzene rings is 1. The number of carbonyl (C=O) groups excluding carboxylic acids is 2. The Morgan fingerprint density at radius 2 is 1.80 bits per heavy atom. The van der Waals surface area contributed by atoms with Crippen molar-refractivity contribution in [2.24, 2.45) is 22.2 Å². The number of fused-ring (bicyclic) bond motifs is 1. The molecule has 0 unspecified atom stereocenters. The second kappa shape index (κ2) is 6.55. The molecular weight excluding hydrogens is 402 g/mol. The van der Waals surface area contributed by atoms with Crippen LogP contribution in [0.25, 0.3) is 0 Å². The monoisotopic (exact) mass is 433 g/mol. The lowest BCUT2D eigenvalue weighted by Gasteiger charge is -2.37. The molecule has 4 atom stereocenters. The van der Waals surface area contributed by atoms with E-state index in [4.69, 9.17) is 4.74 Å². The average molecular weight is 434 g/mol. The molecule has 3 fully saturated rings. The summed E-state index contributed by atoms with van der Waals surface area (Å²) >= 11 is 0. The molecule has 1 aromatic rings. The van der Waals surface area contributed by atoms with Crippen LogP contribution in [0.2, 0.25) is 0 Å². The third-order valence-electron chi connectivity index (χ3n) is 7.79. The molecule has 0 N–H and O–H groups in total. The van der Waals surface area contributed by atoms with Crippen molar-refractivity contribution in [3.63, 3.8) is 0 Å². The highest BCUT2D eigenvalue weighted by atomic mass is 32.2. The van der Waals surface area contributed by atoms with Crippen molar-refractivity contribution in [1.82, 2.24) is 4.31 Å². The van der Waals surface area contributed by atoms with E-state index in [9.17, 15) is 18.0 Å². The Labute approximate surface area is 179 Å². The summed E-state index contributed by atoms with van der Waals surface area (Å²) in [5.74, 6) is -0.789. The predicted octanol–water partition coefficient (Wildman–Crippen LogP) is 3.68. The molecule has 1 aliphatic heterocycles. The van der Waals surface area contributed by atoms with E-state index in [1.807, 2.05) is 0 Å². The van der Waals surface area contributed by atoms with E-state index in [0.29, 0.717) is 17.9 Å². The summed E-state index contributed by atoms with van der Waals surface area (Å²) in [6.45, 7) is 9.41. The van der Waals surface area contributed by atoms with E-state index < -0.39 is 38.8 Å². The molecule has 1 aromatic carbocycles. The van der Waals surface area contributed by atoms with Gasteiger partial charge in [-0.2, -0.15) is 0 Å². The molecule has 30 heavy (non-hydrogen) atoms. The number of amides is 1. The maximum absolute atomic E-state index is 13.7. The number of carbonyl (C=O) groups is 2. The zero-order valence-corrected chi connectivity index (χ0v) is 19.2. The topological polar surface area (TPSA) is 80.8 Å². The first-order valence-corrected chi connectivity index (χ1v) is 12.2. The number of hydrogen-bond donors (Lipinski definition) is 0. The Morgan fingerprint density at radius 3 is 2.37 bits per heavy atom. The average Bonchev–Trinajstić information content (AvgIpc) is 3.13. The Morgan fingerprint density at radius 1 is 1.17 bits per heavy atom. The number of esters is 1. The largest absolute Gasteiger partial charge is 0.447 e. The van der Waals surface area contributed by atoms with Gasteiger partial charge in [-0.1, -0.05) is 44.2 Å². The van der Waals surface area contributed by atoms with Gasteiger partial charge in [0.05, 0.1) is 17.2 Å². The van der Waals surface area contributed by atoms with E-state index >= 15 is 0 Å². The van der Waals surface area contributed by atoms with Gasteiger partial charge >= 0.3 is 5.97 Å². The third kappa shape index (κ3) is 2.92. The zero-order valence-electron chi connectivity index (χ0n) is 18.3. The SMILES string of the molecule is CC(C)(C)C(=O)O[C@H](C(=O)N1[C@@H]2C[C@H]3CC[C@]2(CS1(=O)=O)C3(C)C)c1ccccc1. The van der Waals surface area contributed by atoms with Crippen LogP contribution in [0.4, 0.5) is 0 Å². The van der Waals surface area contributed by atoms with Gasteiger partial charge in [-0.15, -0.1) is 0 Å². The highest BCUT2D eigenvalue weighted by Gasteiger charge is 2.72. The molecule has 164 valence electrons. The minimum Gasteiger partial charge on any atom is -0.447 e. The van der Waals surface area contributed by atoms with Gasteiger partial charge in [-0.3, -0.25) is 9.59 Å².